The number of aliphatic hydroxyl groups is 2. The summed E-state index contributed by atoms with van der Waals surface area (Å²) in [6.07, 6.45) is -7.82. The van der Waals surface area contributed by atoms with Crippen molar-refractivity contribution in [2.24, 2.45) is 0 Å². The van der Waals surface area contributed by atoms with Crippen molar-refractivity contribution in [2.45, 2.75) is 37.9 Å². The summed E-state index contributed by atoms with van der Waals surface area (Å²) < 4.78 is 7.99. The summed E-state index contributed by atoms with van der Waals surface area (Å²) in [5.41, 5.74) is 0. The van der Waals surface area contributed by atoms with Crippen molar-refractivity contribution in [3.05, 3.63) is 0 Å². The Bertz CT molecular complexity index is 515. The van der Waals surface area contributed by atoms with E-state index in [1.807, 2.05) is 0 Å². The van der Waals surface area contributed by atoms with Gasteiger partial charge in [0.1, 0.15) is 0 Å². The van der Waals surface area contributed by atoms with Crippen LogP contribution in [0, 0.1) is 0 Å². The van der Waals surface area contributed by atoms with Gasteiger partial charge in [0.2, 0.25) is 0 Å². The van der Waals surface area contributed by atoms with E-state index in [1.165, 1.54) is 0 Å². The van der Waals surface area contributed by atoms with Crippen LogP contribution in [0.15, 0.2) is 0 Å². The van der Waals surface area contributed by atoms with E-state index >= 15 is 0 Å². The van der Waals surface area contributed by atoms with Crippen LogP contribution in [0.4, 0.5) is 0 Å². The molecule has 0 amide bonds. The summed E-state index contributed by atoms with van der Waals surface area (Å²) in [4.78, 5) is 65.1. The molecule has 0 aliphatic heterocycles. The van der Waals surface area contributed by atoms with Gasteiger partial charge in [-0.1, -0.05) is 0 Å². The maximum absolute atomic E-state index is 11.3. The van der Waals surface area contributed by atoms with Gasteiger partial charge in [0, 0.05) is 0 Å². The normalized spacial score (nSPS) is 10.1. The van der Waals surface area contributed by atoms with Crippen LogP contribution >= 0.6 is 0 Å². The number of esters is 4. The number of ether oxygens (including phenoxy) is 2. The van der Waals surface area contributed by atoms with Crippen molar-refractivity contribution >= 4 is 257 Å². The third kappa shape index (κ3) is 27.0. The summed E-state index contributed by atoms with van der Waals surface area (Å²) in [7, 11) is 0. The number of hydrogen-bond acceptors (Lipinski definition) is 10. The Morgan fingerprint density at radius 1 is 0.567 bits per heavy atom. The molecule has 4 N–H and O–H groups in total. The molecule has 0 bridgehead atoms. The van der Waals surface area contributed by atoms with Gasteiger partial charge in [0.05, 0.1) is 25.7 Å². The fraction of sp³-hybridized carbons (Fsp3) is 0.500. The molecule has 0 aromatic heterocycles. The molecule has 0 fully saturated rings. The van der Waals surface area contributed by atoms with Crippen molar-refractivity contribution in [2.75, 3.05) is 0 Å². The fourth-order valence-corrected chi connectivity index (χ4v) is 1.12. The van der Waals surface area contributed by atoms with Crippen molar-refractivity contribution < 1.29 is 58.7 Å². The van der Waals surface area contributed by atoms with Gasteiger partial charge in [-0.05, 0) is 0 Å². The second kappa shape index (κ2) is 29.6. The molecule has 0 aliphatic rings. The fourth-order valence-electron chi connectivity index (χ4n) is 1.12. The first kappa shape index (κ1) is 51.1. The number of aliphatic hydroxyl groups excluding tert-OH is 2. The third-order valence-electron chi connectivity index (χ3n) is 2.30. The van der Waals surface area contributed by atoms with E-state index in [9.17, 15) is 39.0 Å². The number of hydrogen-bond donors (Lipinski definition) is 4. The molecule has 0 saturated carbocycles. The first-order valence-corrected chi connectivity index (χ1v) is 6.33. The van der Waals surface area contributed by atoms with Crippen LogP contribution < -0.4 is 0 Å². The summed E-state index contributed by atoms with van der Waals surface area (Å²) >= 11 is 0. The molecule has 18 heteroatoms. The number of carbonyl (C=O) groups excluding carboxylic acids is 4. The number of carbonyl (C=O) groups is 6. The molecular weight excluding hydrogens is 506 g/mol. The molecule has 2 unspecified atom stereocenters. The summed E-state index contributed by atoms with van der Waals surface area (Å²) in [6, 6.07) is 0. The Hall–Kier alpha value is 4.41. The number of carboxylic acid groups (broad SMARTS) is 2. The molecule has 0 aromatic rings. The van der Waals surface area contributed by atoms with Crippen molar-refractivity contribution in [1.82, 2.24) is 0 Å². The molecule has 0 aliphatic carbocycles. The molecule has 0 aromatic carbocycles. The molecular formula is C12H20K2Na4O12. The van der Waals surface area contributed by atoms with Crippen molar-refractivity contribution in [1.29, 1.82) is 0 Å². The first-order valence-electron chi connectivity index (χ1n) is 6.33. The molecule has 12 nitrogen and oxygen atoms in total. The van der Waals surface area contributed by atoms with Gasteiger partial charge >= 0.3 is 257 Å². The van der Waals surface area contributed by atoms with E-state index in [4.69, 9.17) is 10.2 Å². The average Bonchev–Trinajstić information content (AvgIpc) is 2.49. The maximum atomic E-state index is 11.3. The van der Waals surface area contributed by atoms with Crippen LogP contribution in [-0.2, 0) is 38.2 Å². The Labute approximate surface area is 345 Å². The molecule has 2 atom stereocenters. The SMILES string of the molecule is O=C(O)CCC(=O)OC(=O)C(O)C(O)C(=O)OC(=O)CCC(=O)O.[KH].[KH].[NaH].[NaH].[NaH].[NaH]. The van der Waals surface area contributed by atoms with Crippen LogP contribution in [-0.4, -0.2) is 289 Å². The Balaban J connectivity index is -0.000000176. The van der Waals surface area contributed by atoms with E-state index in [1.54, 1.807) is 0 Å². The monoisotopic (exact) mass is 526 g/mol. The Morgan fingerprint density at radius 3 is 1.00 bits per heavy atom. The third-order valence-corrected chi connectivity index (χ3v) is 2.30. The number of carboxylic acids is 2. The first-order chi connectivity index (χ1) is 11.0. The number of rotatable bonds is 9. The van der Waals surface area contributed by atoms with E-state index in [2.05, 4.69) is 9.47 Å². The minimum absolute atomic E-state index is 0. The molecule has 0 spiro atoms. The minimum atomic E-state index is -2.57. The predicted molar refractivity (Wildman–Crippen MR) is 111 cm³/mol. The van der Waals surface area contributed by atoms with Gasteiger partial charge in [-0.15, -0.1) is 0 Å². The van der Waals surface area contributed by atoms with Gasteiger partial charge in [-0.25, -0.2) is 9.59 Å². The second-order valence-corrected chi connectivity index (χ2v) is 4.26. The zero-order chi connectivity index (χ0) is 18.9. The van der Waals surface area contributed by atoms with Crippen molar-refractivity contribution in [3.8, 4) is 0 Å². The van der Waals surface area contributed by atoms with Gasteiger partial charge in [-0.3, -0.25) is 19.2 Å². The topological polar surface area (TPSA) is 202 Å². The van der Waals surface area contributed by atoms with Gasteiger partial charge in [0.15, 0.2) is 12.2 Å². The zero-order valence-electron chi connectivity index (χ0n) is 12.0. The van der Waals surface area contributed by atoms with Gasteiger partial charge in [-0.2, -0.15) is 0 Å². The molecule has 0 heterocycles. The van der Waals surface area contributed by atoms with Crippen LogP contribution in [0.3, 0.4) is 0 Å². The van der Waals surface area contributed by atoms with Crippen LogP contribution in [0.1, 0.15) is 25.7 Å². The average molecular weight is 526 g/mol. The standard InChI is InChI=1S/C12H14O12.2K.4Na.6H/c13-5(14)1-3-7(17)23-11(21)9(19)10(20)12(22)24-8(18)4-2-6(15)16;;;;;;;;;;;;/h9-10,19-20H,1-4H2,(H,13,14)(H,15,16);;;;;;;;;;;;. The molecule has 0 saturated heterocycles. The predicted octanol–water partition coefficient (Wildman–Crippen LogP) is -6.31. The van der Waals surface area contributed by atoms with Crippen LogP contribution in [0.2, 0.25) is 0 Å². The second-order valence-electron chi connectivity index (χ2n) is 4.26. The number of aliphatic carboxylic acids is 2. The Kier molecular flexibility index (Phi) is 50.5. The Morgan fingerprint density at radius 2 is 0.800 bits per heavy atom. The summed E-state index contributed by atoms with van der Waals surface area (Å²) in [5, 5.41) is 35.3. The molecule has 0 radical (unpaired) electrons. The van der Waals surface area contributed by atoms with Gasteiger partial charge in [0.25, 0.3) is 0 Å². The van der Waals surface area contributed by atoms with Crippen molar-refractivity contribution in [3.63, 3.8) is 0 Å². The quantitative estimate of drug-likeness (QED) is 0.126. The summed E-state index contributed by atoms with van der Waals surface area (Å²) in [6.45, 7) is 0. The van der Waals surface area contributed by atoms with E-state index < -0.39 is 73.7 Å². The molecule has 146 valence electrons. The van der Waals surface area contributed by atoms with Crippen LogP contribution in [0.25, 0.3) is 0 Å². The molecule has 0 rings (SSSR count). The summed E-state index contributed by atoms with van der Waals surface area (Å²) in [5.74, 6) is -8.84. The van der Waals surface area contributed by atoms with Gasteiger partial charge < -0.3 is 29.9 Å². The molecule has 30 heavy (non-hydrogen) atoms. The van der Waals surface area contributed by atoms with E-state index in [0.717, 1.165) is 0 Å². The van der Waals surface area contributed by atoms with Crippen LogP contribution in [0.5, 0.6) is 0 Å². The van der Waals surface area contributed by atoms with E-state index in [0.29, 0.717) is 0 Å². The van der Waals surface area contributed by atoms with E-state index in [-0.39, 0.29) is 221 Å². The zero-order valence-corrected chi connectivity index (χ0v) is 12.0.